The van der Waals surface area contributed by atoms with Gasteiger partial charge in [-0.05, 0) is 36.8 Å². The molecule has 0 aromatic heterocycles. The summed E-state index contributed by atoms with van der Waals surface area (Å²) in [6.07, 6.45) is 0. The normalized spacial score (nSPS) is 11.9. The van der Waals surface area contributed by atoms with Crippen LogP contribution < -0.4 is 14.8 Å². The van der Waals surface area contributed by atoms with Crippen LogP contribution in [0, 0.1) is 5.82 Å². The summed E-state index contributed by atoms with van der Waals surface area (Å²) in [5.41, 5.74) is 0.935. The number of rotatable bonds is 8. The zero-order chi connectivity index (χ0) is 19.3. The summed E-state index contributed by atoms with van der Waals surface area (Å²) >= 11 is 12.3. The van der Waals surface area contributed by atoms with Gasteiger partial charge in [-0.15, -0.1) is 0 Å². The minimum Gasteiger partial charge on any atom is -0.493 e. The van der Waals surface area contributed by atoms with Crippen molar-refractivity contribution in [3.05, 3.63) is 57.3 Å². The summed E-state index contributed by atoms with van der Waals surface area (Å²) < 4.78 is 24.8. The summed E-state index contributed by atoms with van der Waals surface area (Å²) in [4.78, 5) is 10.9. The maximum Gasteiger partial charge on any atom is 0.320 e. The zero-order valence-electron chi connectivity index (χ0n) is 14.2. The molecule has 0 aliphatic heterocycles. The SMILES string of the molecule is COc1cc(CNC(C)C(=O)O)cc(Cl)c1OCc1c(F)cccc1Cl. The third kappa shape index (κ3) is 5.00. The molecule has 0 bridgehead atoms. The van der Waals surface area contributed by atoms with Gasteiger partial charge in [0.1, 0.15) is 18.5 Å². The van der Waals surface area contributed by atoms with Gasteiger partial charge in [-0.1, -0.05) is 29.3 Å². The first-order valence-corrected chi connectivity index (χ1v) is 8.47. The number of aliphatic carboxylic acids is 1. The highest BCUT2D eigenvalue weighted by molar-refractivity contribution is 6.32. The standard InChI is InChI=1S/C18H18Cl2FNO4/c1-10(18(23)24)22-8-11-6-14(20)17(16(7-11)25-2)26-9-12-13(19)4-3-5-15(12)21/h3-7,10,22H,8-9H2,1-2H3,(H,23,24). The number of carbonyl (C=O) groups is 1. The summed E-state index contributed by atoms with van der Waals surface area (Å²) in [7, 11) is 1.45. The molecule has 140 valence electrons. The van der Waals surface area contributed by atoms with Crippen molar-refractivity contribution < 1.29 is 23.8 Å². The Bertz CT molecular complexity index is 781. The van der Waals surface area contributed by atoms with Crippen LogP contribution in [-0.4, -0.2) is 24.2 Å². The Labute approximate surface area is 160 Å². The minimum atomic E-state index is -0.954. The fraction of sp³-hybridized carbons (Fsp3) is 0.278. The molecule has 0 radical (unpaired) electrons. The Kier molecular flexibility index (Phi) is 7.08. The molecule has 2 rings (SSSR count). The fourth-order valence-electron chi connectivity index (χ4n) is 2.19. The van der Waals surface area contributed by atoms with Gasteiger partial charge >= 0.3 is 5.97 Å². The third-order valence-corrected chi connectivity index (χ3v) is 4.33. The molecule has 1 atom stereocenters. The fourth-order valence-corrected chi connectivity index (χ4v) is 2.69. The lowest BCUT2D eigenvalue weighted by molar-refractivity contribution is -0.139. The molecule has 2 aromatic rings. The van der Waals surface area contributed by atoms with Crippen LogP contribution in [0.3, 0.4) is 0 Å². The van der Waals surface area contributed by atoms with E-state index in [9.17, 15) is 9.18 Å². The number of benzene rings is 2. The van der Waals surface area contributed by atoms with E-state index in [0.717, 1.165) is 5.56 Å². The number of methoxy groups -OCH3 is 1. The Morgan fingerprint density at radius 1 is 1.31 bits per heavy atom. The van der Waals surface area contributed by atoms with E-state index in [-0.39, 0.29) is 34.5 Å². The van der Waals surface area contributed by atoms with E-state index in [1.165, 1.54) is 26.2 Å². The van der Waals surface area contributed by atoms with Crippen LogP contribution in [0.2, 0.25) is 10.0 Å². The lowest BCUT2D eigenvalue weighted by atomic mass is 10.1. The molecule has 0 saturated heterocycles. The third-order valence-electron chi connectivity index (χ3n) is 3.69. The van der Waals surface area contributed by atoms with E-state index < -0.39 is 17.8 Å². The van der Waals surface area contributed by atoms with Gasteiger partial charge in [0.15, 0.2) is 11.5 Å². The Morgan fingerprint density at radius 2 is 2.04 bits per heavy atom. The average molecular weight is 402 g/mol. The van der Waals surface area contributed by atoms with Crippen LogP contribution in [0.1, 0.15) is 18.1 Å². The van der Waals surface area contributed by atoms with Crippen molar-refractivity contribution in [3.63, 3.8) is 0 Å². The predicted molar refractivity (Wildman–Crippen MR) is 97.7 cm³/mol. The van der Waals surface area contributed by atoms with E-state index in [1.807, 2.05) is 0 Å². The number of carboxylic acid groups (broad SMARTS) is 1. The van der Waals surface area contributed by atoms with E-state index in [0.29, 0.717) is 5.75 Å². The van der Waals surface area contributed by atoms with Crippen molar-refractivity contribution in [2.45, 2.75) is 26.1 Å². The Balaban J connectivity index is 2.17. The maximum absolute atomic E-state index is 13.9. The number of ether oxygens (including phenoxy) is 2. The molecular weight excluding hydrogens is 384 g/mol. The molecule has 0 aliphatic rings. The molecule has 0 fully saturated rings. The van der Waals surface area contributed by atoms with Crippen LogP contribution in [0.4, 0.5) is 4.39 Å². The van der Waals surface area contributed by atoms with Crippen LogP contribution in [0.25, 0.3) is 0 Å². The van der Waals surface area contributed by atoms with E-state index in [1.54, 1.807) is 18.2 Å². The molecule has 0 heterocycles. The van der Waals surface area contributed by atoms with Gasteiger partial charge in [0.2, 0.25) is 0 Å². The second kappa shape index (κ2) is 9.07. The number of nitrogens with one attached hydrogen (secondary N) is 1. The monoisotopic (exact) mass is 401 g/mol. The summed E-state index contributed by atoms with van der Waals surface area (Å²) in [5.74, 6) is -0.825. The number of hydrogen-bond acceptors (Lipinski definition) is 4. The topological polar surface area (TPSA) is 67.8 Å². The molecule has 2 N–H and O–H groups in total. The molecule has 5 nitrogen and oxygen atoms in total. The van der Waals surface area contributed by atoms with Gasteiger partial charge in [-0.25, -0.2) is 4.39 Å². The first-order chi connectivity index (χ1) is 12.3. The maximum atomic E-state index is 13.9. The molecule has 1 unspecified atom stereocenters. The summed E-state index contributed by atoms with van der Waals surface area (Å²) in [6, 6.07) is 6.96. The van der Waals surface area contributed by atoms with Crippen molar-refractivity contribution in [1.29, 1.82) is 0 Å². The number of hydrogen-bond donors (Lipinski definition) is 2. The first-order valence-electron chi connectivity index (χ1n) is 7.71. The molecule has 26 heavy (non-hydrogen) atoms. The lowest BCUT2D eigenvalue weighted by Crippen LogP contribution is -2.33. The molecule has 0 aliphatic carbocycles. The van der Waals surface area contributed by atoms with Crippen LogP contribution in [0.15, 0.2) is 30.3 Å². The number of halogens is 3. The van der Waals surface area contributed by atoms with Gasteiger partial charge in [0.25, 0.3) is 0 Å². The van der Waals surface area contributed by atoms with Crippen molar-refractivity contribution in [1.82, 2.24) is 5.32 Å². The second-order valence-electron chi connectivity index (χ2n) is 5.54. The van der Waals surface area contributed by atoms with Gasteiger partial charge in [0, 0.05) is 12.1 Å². The smallest absolute Gasteiger partial charge is 0.320 e. The van der Waals surface area contributed by atoms with Crippen molar-refractivity contribution in [2.24, 2.45) is 0 Å². The van der Waals surface area contributed by atoms with Crippen LogP contribution >= 0.6 is 23.2 Å². The number of carboxylic acids is 1. The highest BCUT2D eigenvalue weighted by Crippen LogP contribution is 2.37. The Morgan fingerprint density at radius 3 is 2.65 bits per heavy atom. The van der Waals surface area contributed by atoms with Gasteiger partial charge in [0.05, 0.1) is 17.2 Å². The van der Waals surface area contributed by atoms with Crippen LogP contribution in [0.5, 0.6) is 11.5 Å². The van der Waals surface area contributed by atoms with Crippen LogP contribution in [-0.2, 0) is 17.9 Å². The zero-order valence-corrected chi connectivity index (χ0v) is 15.7. The van der Waals surface area contributed by atoms with Gasteiger partial charge in [-0.2, -0.15) is 0 Å². The first kappa shape index (κ1) is 20.3. The minimum absolute atomic E-state index is 0.116. The molecule has 0 amide bonds. The molecular formula is C18H18Cl2FNO4. The van der Waals surface area contributed by atoms with Crippen molar-refractivity contribution >= 4 is 29.2 Å². The molecule has 0 saturated carbocycles. The molecule has 8 heteroatoms. The highest BCUT2D eigenvalue weighted by Gasteiger charge is 2.16. The quantitative estimate of drug-likeness (QED) is 0.690. The summed E-state index contributed by atoms with van der Waals surface area (Å²) in [6.45, 7) is 1.70. The Hall–Kier alpha value is -2.02. The molecule has 0 spiro atoms. The van der Waals surface area contributed by atoms with Gasteiger partial charge in [-0.3, -0.25) is 4.79 Å². The average Bonchev–Trinajstić information content (AvgIpc) is 2.59. The van der Waals surface area contributed by atoms with E-state index >= 15 is 0 Å². The largest absolute Gasteiger partial charge is 0.493 e. The van der Waals surface area contributed by atoms with E-state index in [4.69, 9.17) is 37.8 Å². The van der Waals surface area contributed by atoms with E-state index in [2.05, 4.69) is 5.32 Å². The highest BCUT2D eigenvalue weighted by atomic mass is 35.5. The predicted octanol–water partition coefficient (Wildman–Crippen LogP) is 4.28. The van der Waals surface area contributed by atoms with Crippen molar-refractivity contribution in [2.75, 3.05) is 7.11 Å². The van der Waals surface area contributed by atoms with Gasteiger partial charge < -0.3 is 19.9 Å². The van der Waals surface area contributed by atoms with Crippen molar-refractivity contribution in [3.8, 4) is 11.5 Å². The summed E-state index contributed by atoms with van der Waals surface area (Å²) in [5, 5.41) is 12.3. The molecule has 2 aromatic carbocycles. The lowest BCUT2D eigenvalue weighted by Gasteiger charge is -2.16. The second-order valence-corrected chi connectivity index (χ2v) is 6.35.